The molecule has 2 N–H and O–H groups in total. The van der Waals surface area contributed by atoms with Crippen LogP contribution in [-0.4, -0.2) is 26.8 Å². The van der Waals surface area contributed by atoms with Crippen LogP contribution in [0.2, 0.25) is 10.0 Å². The third-order valence-electron chi connectivity index (χ3n) is 4.70. The summed E-state index contributed by atoms with van der Waals surface area (Å²) in [5, 5.41) is 10.3. The molecule has 0 spiro atoms. The number of benzene rings is 2. The minimum absolute atomic E-state index is 0.0445. The van der Waals surface area contributed by atoms with E-state index in [1.165, 1.54) is 55.0 Å². The standard InChI is InChI=1S/C22H14Cl2FN3O3/c23-17-9-26-10-18(24)20(17)28(11-12-1-3-13(25)4-2-12)22(31)21(30)16-8-27-19-6-5-14(29)7-15(16)19/h1-10,27,29H,11H2. The Morgan fingerprint density at radius 1 is 1.06 bits per heavy atom. The lowest BCUT2D eigenvalue weighted by molar-refractivity contribution is -0.114. The number of ketones is 1. The van der Waals surface area contributed by atoms with Crippen LogP contribution >= 0.6 is 23.2 Å². The number of nitrogens with one attached hydrogen (secondary N) is 1. The Morgan fingerprint density at radius 3 is 2.42 bits per heavy atom. The lowest BCUT2D eigenvalue weighted by Gasteiger charge is -2.24. The first-order chi connectivity index (χ1) is 14.8. The first-order valence-electron chi connectivity index (χ1n) is 9.05. The van der Waals surface area contributed by atoms with Crippen molar-refractivity contribution in [3.8, 4) is 5.75 Å². The zero-order valence-corrected chi connectivity index (χ0v) is 17.3. The summed E-state index contributed by atoms with van der Waals surface area (Å²) >= 11 is 12.5. The minimum atomic E-state index is -0.899. The topological polar surface area (TPSA) is 86.3 Å². The number of hydrogen-bond donors (Lipinski definition) is 2. The molecular weight excluding hydrogens is 444 g/mol. The maximum atomic E-state index is 13.3. The molecule has 0 aliphatic carbocycles. The molecule has 0 aliphatic rings. The van der Waals surface area contributed by atoms with Crippen LogP contribution in [0.25, 0.3) is 10.9 Å². The van der Waals surface area contributed by atoms with E-state index in [2.05, 4.69) is 9.97 Å². The van der Waals surface area contributed by atoms with E-state index in [1.54, 1.807) is 6.07 Å². The molecule has 0 atom stereocenters. The van der Waals surface area contributed by atoms with Gasteiger partial charge in [0.25, 0.3) is 11.7 Å². The van der Waals surface area contributed by atoms with Crippen molar-refractivity contribution in [3.63, 3.8) is 0 Å². The second-order valence-electron chi connectivity index (χ2n) is 6.73. The number of rotatable bonds is 5. The zero-order valence-electron chi connectivity index (χ0n) is 15.8. The summed E-state index contributed by atoms with van der Waals surface area (Å²) < 4.78 is 13.3. The second-order valence-corrected chi connectivity index (χ2v) is 7.55. The highest BCUT2D eigenvalue weighted by Crippen LogP contribution is 2.34. The molecule has 0 saturated heterocycles. The van der Waals surface area contributed by atoms with Crippen LogP contribution in [0.1, 0.15) is 15.9 Å². The Bertz CT molecular complexity index is 1290. The van der Waals surface area contributed by atoms with Crippen molar-refractivity contribution < 1.29 is 19.1 Å². The fraction of sp³-hybridized carbons (Fsp3) is 0.0455. The van der Waals surface area contributed by atoms with E-state index in [-0.39, 0.29) is 33.6 Å². The molecule has 0 unspecified atom stereocenters. The number of carbonyl (C=O) groups excluding carboxylic acids is 2. The summed E-state index contributed by atoms with van der Waals surface area (Å²) in [4.78, 5) is 34.4. The van der Waals surface area contributed by atoms with Crippen LogP contribution in [0.15, 0.2) is 61.1 Å². The fourth-order valence-corrected chi connectivity index (χ4v) is 3.79. The van der Waals surface area contributed by atoms with Crippen molar-refractivity contribution >= 4 is 51.5 Å². The van der Waals surface area contributed by atoms with Gasteiger partial charge in [-0.25, -0.2) is 4.39 Å². The SMILES string of the molecule is O=C(C(=O)N(Cc1ccc(F)cc1)c1c(Cl)cncc1Cl)c1c[nH]c2ccc(O)cc12. The van der Waals surface area contributed by atoms with E-state index in [0.717, 1.165) is 4.90 Å². The third kappa shape index (κ3) is 4.10. The second kappa shape index (κ2) is 8.37. The number of pyridine rings is 1. The number of hydrogen-bond acceptors (Lipinski definition) is 4. The summed E-state index contributed by atoms with van der Waals surface area (Å²) in [6.45, 7) is -0.0814. The summed E-state index contributed by atoms with van der Waals surface area (Å²) in [5.74, 6) is -2.21. The van der Waals surface area contributed by atoms with Crippen LogP contribution in [0, 0.1) is 5.82 Å². The molecular formula is C22H14Cl2FN3O3. The monoisotopic (exact) mass is 457 g/mol. The smallest absolute Gasteiger partial charge is 0.299 e. The van der Waals surface area contributed by atoms with Gasteiger partial charge in [0.15, 0.2) is 0 Å². The van der Waals surface area contributed by atoms with Gasteiger partial charge in [0.05, 0.1) is 27.8 Å². The maximum Gasteiger partial charge on any atom is 0.299 e. The number of aromatic nitrogens is 2. The summed E-state index contributed by atoms with van der Waals surface area (Å²) in [7, 11) is 0. The van der Waals surface area contributed by atoms with Crippen molar-refractivity contribution in [2.45, 2.75) is 6.54 Å². The number of aromatic hydroxyl groups is 1. The Balaban J connectivity index is 1.78. The van der Waals surface area contributed by atoms with E-state index in [9.17, 15) is 19.1 Å². The summed E-state index contributed by atoms with van der Waals surface area (Å²) in [6.07, 6.45) is 4.01. The molecule has 2 aromatic heterocycles. The highest BCUT2D eigenvalue weighted by atomic mass is 35.5. The van der Waals surface area contributed by atoms with Gasteiger partial charge in [-0.05, 0) is 35.9 Å². The molecule has 0 saturated carbocycles. The molecule has 0 bridgehead atoms. The van der Waals surface area contributed by atoms with Crippen LogP contribution in [0.3, 0.4) is 0 Å². The summed E-state index contributed by atoms with van der Waals surface area (Å²) in [5.41, 5.74) is 1.34. The molecule has 4 rings (SSSR count). The van der Waals surface area contributed by atoms with E-state index in [4.69, 9.17) is 23.2 Å². The molecule has 156 valence electrons. The van der Waals surface area contributed by atoms with Crippen molar-refractivity contribution in [1.82, 2.24) is 9.97 Å². The number of anilines is 1. The van der Waals surface area contributed by atoms with Gasteiger partial charge < -0.3 is 10.1 Å². The Morgan fingerprint density at radius 2 is 1.74 bits per heavy atom. The number of nitrogens with zero attached hydrogens (tertiary/aromatic N) is 2. The molecule has 4 aromatic rings. The van der Waals surface area contributed by atoms with Crippen LogP contribution in [-0.2, 0) is 11.3 Å². The van der Waals surface area contributed by atoms with Crippen molar-refractivity contribution in [2.24, 2.45) is 0 Å². The Labute approximate surface area is 185 Å². The largest absolute Gasteiger partial charge is 0.508 e. The fourth-order valence-electron chi connectivity index (χ4n) is 3.22. The normalized spacial score (nSPS) is 10.9. The van der Waals surface area contributed by atoms with Crippen LogP contribution in [0.5, 0.6) is 5.75 Å². The summed E-state index contributed by atoms with van der Waals surface area (Å²) in [6, 6.07) is 9.93. The van der Waals surface area contributed by atoms with E-state index in [0.29, 0.717) is 16.5 Å². The van der Waals surface area contributed by atoms with Gasteiger partial charge in [-0.2, -0.15) is 0 Å². The number of halogens is 3. The molecule has 0 fully saturated rings. The predicted molar refractivity (Wildman–Crippen MR) is 116 cm³/mol. The highest BCUT2D eigenvalue weighted by Gasteiger charge is 2.29. The van der Waals surface area contributed by atoms with E-state index < -0.39 is 17.5 Å². The third-order valence-corrected chi connectivity index (χ3v) is 5.25. The number of phenolic OH excluding ortho intramolecular Hbond substituents is 1. The molecule has 1 amide bonds. The molecule has 0 radical (unpaired) electrons. The van der Waals surface area contributed by atoms with Crippen molar-refractivity contribution in [2.75, 3.05) is 4.90 Å². The van der Waals surface area contributed by atoms with Gasteiger partial charge in [-0.3, -0.25) is 19.5 Å². The zero-order chi connectivity index (χ0) is 22.1. The van der Waals surface area contributed by atoms with Crippen LogP contribution in [0.4, 0.5) is 10.1 Å². The van der Waals surface area contributed by atoms with Gasteiger partial charge in [-0.1, -0.05) is 35.3 Å². The van der Waals surface area contributed by atoms with Gasteiger partial charge in [0.1, 0.15) is 11.6 Å². The van der Waals surface area contributed by atoms with Gasteiger partial charge in [-0.15, -0.1) is 0 Å². The quantitative estimate of drug-likeness (QED) is 0.321. The Kier molecular flexibility index (Phi) is 5.63. The number of carbonyl (C=O) groups is 2. The Hall–Kier alpha value is -3.42. The predicted octanol–water partition coefficient (Wildman–Crippen LogP) is 5.13. The van der Waals surface area contributed by atoms with Crippen molar-refractivity contribution in [1.29, 1.82) is 0 Å². The van der Waals surface area contributed by atoms with Crippen LogP contribution < -0.4 is 4.90 Å². The first-order valence-corrected chi connectivity index (χ1v) is 9.80. The molecule has 2 aromatic carbocycles. The highest BCUT2D eigenvalue weighted by molar-refractivity contribution is 6.50. The molecule has 2 heterocycles. The molecule has 6 nitrogen and oxygen atoms in total. The average Bonchev–Trinajstić information content (AvgIpc) is 3.16. The number of phenols is 1. The number of Topliss-reactive ketones (excluding diaryl/α,β-unsaturated/α-hetero) is 1. The lowest BCUT2D eigenvalue weighted by Crippen LogP contribution is -2.36. The van der Waals surface area contributed by atoms with Crippen molar-refractivity contribution in [3.05, 3.63) is 88.0 Å². The minimum Gasteiger partial charge on any atom is -0.508 e. The number of fused-ring (bicyclic) bond motifs is 1. The number of amides is 1. The molecule has 31 heavy (non-hydrogen) atoms. The molecule has 0 aliphatic heterocycles. The van der Waals surface area contributed by atoms with Gasteiger partial charge in [0, 0.05) is 29.5 Å². The number of H-pyrrole nitrogens is 1. The number of aromatic amines is 1. The molecule has 9 heteroatoms. The lowest BCUT2D eigenvalue weighted by atomic mass is 10.1. The van der Waals surface area contributed by atoms with E-state index in [1.807, 2.05) is 0 Å². The average molecular weight is 458 g/mol. The first kappa shape index (κ1) is 20.8. The van der Waals surface area contributed by atoms with Gasteiger partial charge >= 0.3 is 0 Å². The maximum absolute atomic E-state index is 13.3. The van der Waals surface area contributed by atoms with E-state index >= 15 is 0 Å². The van der Waals surface area contributed by atoms with Gasteiger partial charge in [0.2, 0.25) is 0 Å².